The summed E-state index contributed by atoms with van der Waals surface area (Å²) in [6.07, 6.45) is 0. The molecule has 0 atom stereocenters. The zero-order valence-electron chi connectivity index (χ0n) is 14.8. The molecule has 1 aliphatic rings. The van der Waals surface area contributed by atoms with E-state index in [-0.39, 0.29) is 24.2 Å². The van der Waals surface area contributed by atoms with Crippen LogP contribution in [0.5, 0.6) is 0 Å². The van der Waals surface area contributed by atoms with Gasteiger partial charge >= 0.3 is 5.97 Å². The number of carbonyl (C=O) groups excluding carboxylic acids is 1. The molecular weight excluding hydrogens is 368 g/mol. The standard InChI is InChI=1S/C19H20N2O5S/c1-14-2-4-16(5-3-14)19(24)27(25,26)21-12-10-20(11-13-21)17-8-6-15(7-9-17)18(22)23/h2-9H,10-13H2,1H3,(H,22,23). The molecule has 7 nitrogen and oxygen atoms in total. The summed E-state index contributed by atoms with van der Waals surface area (Å²) in [4.78, 5) is 25.3. The molecule has 0 bridgehead atoms. The van der Waals surface area contributed by atoms with Crippen LogP contribution in [0.1, 0.15) is 26.3 Å². The van der Waals surface area contributed by atoms with Crippen LogP contribution >= 0.6 is 0 Å². The van der Waals surface area contributed by atoms with Crippen LogP contribution in [-0.4, -0.2) is 55.1 Å². The SMILES string of the molecule is Cc1ccc(C(=O)S(=O)(=O)N2CCN(c3ccc(C(=O)O)cc3)CC2)cc1. The molecule has 0 unspecified atom stereocenters. The van der Waals surface area contributed by atoms with Crippen molar-refractivity contribution >= 4 is 26.8 Å². The zero-order chi connectivity index (χ0) is 19.6. The molecule has 0 saturated carbocycles. The van der Waals surface area contributed by atoms with E-state index in [1.807, 2.05) is 11.8 Å². The van der Waals surface area contributed by atoms with Crippen molar-refractivity contribution in [3.05, 3.63) is 65.2 Å². The lowest BCUT2D eigenvalue weighted by molar-refractivity contribution is 0.0696. The van der Waals surface area contributed by atoms with E-state index in [9.17, 15) is 18.0 Å². The van der Waals surface area contributed by atoms with Crippen LogP contribution in [0, 0.1) is 6.92 Å². The van der Waals surface area contributed by atoms with Gasteiger partial charge in [0.1, 0.15) is 0 Å². The topological polar surface area (TPSA) is 95.0 Å². The minimum Gasteiger partial charge on any atom is -0.478 e. The third-order valence-corrected chi connectivity index (χ3v) is 6.33. The van der Waals surface area contributed by atoms with Crippen molar-refractivity contribution < 1.29 is 23.1 Å². The highest BCUT2D eigenvalue weighted by molar-refractivity contribution is 8.04. The van der Waals surface area contributed by atoms with Gasteiger partial charge in [0, 0.05) is 37.4 Å². The van der Waals surface area contributed by atoms with Crippen molar-refractivity contribution in [3.63, 3.8) is 0 Å². The van der Waals surface area contributed by atoms with Crippen LogP contribution in [0.3, 0.4) is 0 Å². The Morgan fingerprint density at radius 3 is 1.89 bits per heavy atom. The number of carbonyl (C=O) groups is 2. The lowest BCUT2D eigenvalue weighted by Crippen LogP contribution is -2.50. The minimum absolute atomic E-state index is 0.160. The van der Waals surface area contributed by atoms with Gasteiger partial charge in [-0.3, -0.25) is 4.79 Å². The van der Waals surface area contributed by atoms with Crippen LogP contribution < -0.4 is 4.90 Å². The van der Waals surface area contributed by atoms with Gasteiger partial charge in [-0.25, -0.2) is 13.2 Å². The monoisotopic (exact) mass is 388 g/mol. The van der Waals surface area contributed by atoms with Crippen molar-refractivity contribution in [2.45, 2.75) is 6.92 Å². The Kier molecular flexibility index (Phi) is 5.29. The van der Waals surface area contributed by atoms with Crippen LogP contribution in [0.4, 0.5) is 5.69 Å². The predicted molar refractivity (Wildman–Crippen MR) is 102 cm³/mol. The lowest BCUT2D eigenvalue weighted by Gasteiger charge is -2.35. The molecule has 8 heteroatoms. The van der Waals surface area contributed by atoms with Gasteiger partial charge in [0.25, 0.3) is 15.1 Å². The normalized spacial score (nSPS) is 15.5. The molecule has 0 aromatic heterocycles. The number of carboxylic acid groups (broad SMARTS) is 1. The third-order valence-electron chi connectivity index (χ3n) is 4.58. The van der Waals surface area contributed by atoms with Gasteiger partial charge in [0.05, 0.1) is 5.56 Å². The molecule has 1 fully saturated rings. The van der Waals surface area contributed by atoms with E-state index in [4.69, 9.17) is 5.11 Å². The van der Waals surface area contributed by atoms with Gasteiger partial charge in [0.15, 0.2) is 0 Å². The Morgan fingerprint density at radius 1 is 0.852 bits per heavy atom. The summed E-state index contributed by atoms with van der Waals surface area (Å²) < 4.78 is 26.5. The van der Waals surface area contributed by atoms with Gasteiger partial charge in [-0.05, 0) is 43.3 Å². The number of nitrogens with zero attached hydrogens (tertiary/aromatic N) is 2. The fourth-order valence-electron chi connectivity index (χ4n) is 2.96. The first-order valence-corrected chi connectivity index (χ1v) is 9.92. The van der Waals surface area contributed by atoms with E-state index in [0.717, 1.165) is 11.3 Å². The molecule has 1 N–H and O–H groups in total. The summed E-state index contributed by atoms with van der Waals surface area (Å²) >= 11 is 0. The van der Waals surface area contributed by atoms with E-state index in [0.29, 0.717) is 13.1 Å². The molecule has 3 rings (SSSR count). The molecule has 1 aliphatic heterocycles. The van der Waals surface area contributed by atoms with Gasteiger partial charge in [-0.1, -0.05) is 17.7 Å². The summed E-state index contributed by atoms with van der Waals surface area (Å²) in [7, 11) is -4.06. The Morgan fingerprint density at radius 2 is 1.37 bits per heavy atom. The number of sulfonamides is 1. The molecule has 0 aliphatic carbocycles. The van der Waals surface area contributed by atoms with Crippen molar-refractivity contribution in [2.75, 3.05) is 31.1 Å². The first kappa shape index (κ1) is 19.1. The Labute approximate surface area is 157 Å². The van der Waals surface area contributed by atoms with Crippen molar-refractivity contribution in [1.29, 1.82) is 0 Å². The largest absolute Gasteiger partial charge is 0.478 e. The highest BCUT2D eigenvalue weighted by atomic mass is 32.2. The number of hydrogen-bond acceptors (Lipinski definition) is 5. The average Bonchev–Trinajstić information content (AvgIpc) is 2.68. The molecular formula is C19H20N2O5S. The molecule has 142 valence electrons. The number of carboxylic acids is 1. The van der Waals surface area contributed by atoms with Gasteiger partial charge < -0.3 is 10.0 Å². The zero-order valence-corrected chi connectivity index (χ0v) is 15.6. The maximum Gasteiger partial charge on any atom is 0.335 e. The molecule has 1 saturated heterocycles. The molecule has 0 radical (unpaired) electrons. The number of aryl methyl sites for hydroxylation is 1. The second-order valence-corrected chi connectivity index (χ2v) is 8.23. The van der Waals surface area contributed by atoms with Gasteiger partial charge in [-0.15, -0.1) is 0 Å². The van der Waals surface area contributed by atoms with E-state index in [2.05, 4.69) is 0 Å². The van der Waals surface area contributed by atoms with E-state index >= 15 is 0 Å². The minimum atomic E-state index is -4.06. The van der Waals surface area contributed by atoms with Crippen molar-refractivity contribution in [3.8, 4) is 0 Å². The number of rotatable bonds is 4. The quantitative estimate of drug-likeness (QED) is 0.861. The van der Waals surface area contributed by atoms with Gasteiger partial charge in [-0.2, -0.15) is 4.31 Å². The predicted octanol–water partition coefficient (Wildman–Crippen LogP) is 1.99. The third kappa shape index (κ3) is 4.01. The van der Waals surface area contributed by atoms with Crippen LogP contribution in [0.2, 0.25) is 0 Å². The van der Waals surface area contributed by atoms with Crippen molar-refractivity contribution in [2.24, 2.45) is 0 Å². The number of piperazine rings is 1. The van der Waals surface area contributed by atoms with Crippen LogP contribution in [0.25, 0.3) is 0 Å². The van der Waals surface area contributed by atoms with E-state index in [1.54, 1.807) is 24.3 Å². The molecule has 27 heavy (non-hydrogen) atoms. The Balaban J connectivity index is 1.68. The van der Waals surface area contributed by atoms with Crippen LogP contribution in [-0.2, 0) is 10.0 Å². The second-order valence-electron chi connectivity index (χ2n) is 6.40. The van der Waals surface area contributed by atoms with E-state index in [1.165, 1.54) is 28.6 Å². The summed E-state index contributed by atoms with van der Waals surface area (Å²) in [5.74, 6) is -0.993. The fraction of sp³-hybridized carbons (Fsp3) is 0.263. The number of anilines is 1. The number of aromatic carboxylic acids is 1. The molecule has 2 aromatic carbocycles. The molecule has 0 spiro atoms. The Hall–Kier alpha value is -2.71. The first-order chi connectivity index (χ1) is 12.8. The Bertz CT molecular complexity index is 945. The summed E-state index contributed by atoms with van der Waals surface area (Å²) in [6, 6.07) is 12.9. The fourth-order valence-corrected chi connectivity index (χ4v) is 4.27. The van der Waals surface area contributed by atoms with E-state index < -0.39 is 21.1 Å². The molecule has 0 amide bonds. The smallest absolute Gasteiger partial charge is 0.335 e. The molecule has 2 aromatic rings. The van der Waals surface area contributed by atoms with Gasteiger partial charge in [0.2, 0.25) is 0 Å². The maximum absolute atomic E-state index is 12.6. The average molecular weight is 388 g/mol. The first-order valence-electron chi connectivity index (χ1n) is 8.48. The van der Waals surface area contributed by atoms with Crippen molar-refractivity contribution in [1.82, 2.24) is 4.31 Å². The maximum atomic E-state index is 12.6. The highest BCUT2D eigenvalue weighted by Crippen LogP contribution is 2.20. The summed E-state index contributed by atoms with van der Waals surface area (Å²) in [6.45, 7) is 3.10. The highest BCUT2D eigenvalue weighted by Gasteiger charge is 2.33. The second kappa shape index (κ2) is 7.50. The number of benzene rings is 2. The lowest BCUT2D eigenvalue weighted by atomic mass is 10.2. The number of hydrogen-bond donors (Lipinski definition) is 1. The van der Waals surface area contributed by atoms with Crippen LogP contribution in [0.15, 0.2) is 48.5 Å². The molecule has 1 heterocycles. The summed E-state index contributed by atoms with van der Waals surface area (Å²) in [5.41, 5.74) is 2.13. The summed E-state index contributed by atoms with van der Waals surface area (Å²) in [5, 5.41) is 8.07.